The molecule has 5 rings (SSSR count). The smallest absolute Gasteiger partial charge is 0.313 e. The van der Waals surface area contributed by atoms with Crippen LogP contribution in [0.2, 0.25) is 0 Å². The molecule has 2 fully saturated rings. The Hall–Kier alpha value is -3.02. The topological polar surface area (TPSA) is 125 Å². The van der Waals surface area contributed by atoms with E-state index in [2.05, 4.69) is 21.2 Å². The molecule has 8 atom stereocenters. The minimum atomic E-state index is -1.45. The van der Waals surface area contributed by atoms with Crippen molar-refractivity contribution >= 4 is 39.6 Å². The molecule has 2 N–H and O–H groups in total. The molecule has 0 aliphatic carbocycles. The van der Waals surface area contributed by atoms with E-state index in [1.165, 1.54) is 4.90 Å². The monoisotopic (exact) mass is 699 g/mol. The molecule has 10 nitrogen and oxygen atoms in total. The molecule has 1 aromatic carbocycles. The first-order valence-corrected chi connectivity index (χ1v) is 17.0. The van der Waals surface area contributed by atoms with Gasteiger partial charge in [-0.05, 0) is 58.1 Å². The first-order valence-electron chi connectivity index (χ1n) is 16.2. The molecule has 1 aromatic rings. The van der Waals surface area contributed by atoms with Crippen LogP contribution in [-0.2, 0) is 28.7 Å². The molecule has 0 unspecified atom stereocenters. The number of hydrogen-bond donors (Lipinski definition) is 2. The number of fused-ring (bicyclic) bond motifs is 2. The number of nitrogens with one attached hydrogen (secondary N) is 1. The minimum Gasteiger partial charge on any atom is -0.455 e. The maximum absolute atomic E-state index is 14.9. The second-order valence-corrected chi connectivity index (χ2v) is 15.2. The molecule has 5 bridgehead atoms. The highest BCUT2D eigenvalue weighted by atomic mass is 79.9. The van der Waals surface area contributed by atoms with E-state index in [0.717, 1.165) is 0 Å². The SMILES string of the molecule is CC(C)C[C@H](CO)N1C(=O)[C@@H]2[C@H]3C(=O)O[C@@H](c4ccccc4)[C@H](C)NC(=O)CC/C=C\CN(C(C)(C)C)C(=O)[C@@H]1[C@]21C=C(Br)[C@H]3O1. The predicted octanol–water partition coefficient (Wildman–Crippen LogP) is 4.03. The van der Waals surface area contributed by atoms with Crippen molar-refractivity contribution in [3.8, 4) is 0 Å². The van der Waals surface area contributed by atoms with Crippen LogP contribution < -0.4 is 5.32 Å². The molecule has 0 radical (unpaired) electrons. The molecule has 11 heteroatoms. The fourth-order valence-electron chi connectivity index (χ4n) is 7.48. The van der Waals surface area contributed by atoms with Crippen LogP contribution in [0.5, 0.6) is 0 Å². The minimum absolute atomic E-state index is 0.120. The van der Waals surface area contributed by atoms with Crippen molar-refractivity contribution in [2.75, 3.05) is 13.2 Å². The van der Waals surface area contributed by atoms with Crippen molar-refractivity contribution in [3.63, 3.8) is 0 Å². The molecular formula is C35H46BrN3O7. The Morgan fingerprint density at radius 3 is 2.39 bits per heavy atom. The van der Waals surface area contributed by atoms with Crippen LogP contribution in [0.3, 0.4) is 0 Å². The Kier molecular flexibility index (Phi) is 9.88. The predicted molar refractivity (Wildman–Crippen MR) is 175 cm³/mol. The average Bonchev–Trinajstić information content (AvgIpc) is 3.58. The molecule has 1 spiro atoms. The Bertz CT molecular complexity index is 1410. The van der Waals surface area contributed by atoms with E-state index < -0.39 is 65.2 Å². The summed E-state index contributed by atoms with van der Waals surface area (Å²) in [7, 11) is 0. The van der Waals surface area contributed by atoms with E-state index in [9.17, 15) is 24.3 Å². The fraction of sp³-hybridized carbons (Fsp3) is 0.600. The van der Waals surface area contributed by atoms with Crippen molar-refractivity contribution < 1.29 is 33.8 Å². The molecule has 4 aliphatic rings. The van der Waals surface area contributed by atoms with E-state index in [0.29, 0.717) is 22.9 Å². The first-order chi connectivity index (χ1) is 21.7. The summed E-state index contributed by atoms with van der Waals surface area (Å²) in [5.41, 5.74) is -1.40. The van der Waals surface area contributed by atoms with Gasteiger partial charge in [-0.2, -0.15) is 0 Å². The first kappa shape index (κ1) is 34.3. The van der Waals surface area contributed by atoms with Crippen LogP contribution in [0, 0.1) is 17.8 Å². The molecule has 0 saturated carbocycles. The summed E-state index contributed by atoms with van der Waals surface area (Å²) < 4.78 is 13.4. The molecule has 3 amide bonds. The van der Waals surface area contributed by atoms with Gasteiger partial charge in [-0.1, -0.05) is 72.3 Å². The van der Waals surface area contributed by atoms with Gasteiger partial charge < -0.3 is 29.7 Å². The number of halogens is 1. The number of cyclic esters (lactones) is 1. The summed E-state index contributed by atoms with van der Waals surface area (Å²) in [6, 6.07) is 6.82. The number of hydrogen-bond acceptors (Lipinski definition) is 7. The number of amides is 3. The highest BCUT2D eigenvalue weighted by Crippen LogP contribution is 2.59. The zero-order valence-electron chi connectivity index (χ0n) is 27.4. The maximum atomic E-state index is 14.9. The fourth-order valence-corrected chi connectivity index (χ4v) is 8.22. The van der Waals surface area contributed by atoms with Crippen molar-refractivity contribution in [3.05, 3.63) is 58.6 Å². The molecule has 46 heavy (non-hydrogen) atoms. The number of esters is 1. The van der Waals surface area contributed by atoms with E-state index in [-0.39, 0.29) is 37.3 Å². The molecule has 4 aliphatic heterocycles. The number of likely N-dealkylation sites (tertiary alicyclic amines) is 1. The lowest BCUT2D eigenvalue weighted by Gasteiger charge is -2.43. The van der Waals surface area contributed by atoms with Gasteiger partial charge in [-0.15, -0.1) is 0 Å². The van der Waals surface area contributed by atoms with Gasteiger partial charge in [-0.3, -0.25) is 19.2 Å². The van der Waals surface area contributed by atoms with Gasteiger partial charge in [0.1, 0.15) is 29.8 Å². The average molecular weight is 701 g/mol. The Labute approximate surface area is 279 Å². The summed E-state index contributed by atoms with van der Waals surface area (Å²) >= 11 is 3.60. The third kappa shape index (κ3) is 6.18. The number of aliphatic hydroxyl groups is 1. The van der Waals surface area contributed by atoms with Crippen molar-refractivity contribution in [2.24, 2.45) is 17.8 Å². The van der Waals surface area contributed by atoms with Gasteiger partial charge in [0.05, 0.1) is 24.6 Å². The third-order valence-electron chi connectivity index (χ3n) is 9.50. The standard InChI is InChI=1S/C35H46BrN3O7/c1-20(2)17-23(19-40)39-30-32(43)38(34(4,5)6)16-12-8-11-15-25(41)37-21(3)28(22-13-9-7-10-14-22)45-33(44)26-27(31(39)42)35(30)18-24(36)29(26)46-35/h7-10,12-14,18,20-21,23,26-30,40H,11,15-17,19H2,1-6H3,(H,37,41)/b12-8-/t21-,23+,26+,27-,28+,29+,30+,35-/m0/s1. The number of benzene rings is 1. The summed E-state index contributed by atoms with van der Waals surface area (Å²) in [5.74, 6) is -3.58. The number of rotatable bonds is 5. The highest BCUT2D eigenvalue weighted by molar-refractivity contribution is 9.11. The van der Waals surface area contributed by atoms with Gasteiger partial charge in [0, 0.05) is 23.0 Å². The zero-order chi connectivity index (χ0) is 33.6. The van der Waals surface area contributed by atoms with Crippen molar-refractivity contribution in [1.82, 2.24) is 15.1 Å². The third-order valence-corrected chi connectivity index (χ3v) is 10.2. The van der Waals surface area contributed by atoms with E-state index in [1.807, 2.05) is 77.1 Å². The number of ether oxygens (including phenoxy) is 2. The van der Waals surface area contributed by atoms with Crippen LogP contribution in [0.15, 0.2) is 53.0 Å². The zero-order valence-corrected chi connectivity index (χ0v) is 29.0. The quantitative estimate of drug-likeness (QED) is 0.351. The van der Waals surface area contributed by atoms with Crippen LogP contribution in [-0.4, -0.2) is 87.1 Å². The number of carbonyl (C=O) groups is 4. The summed E-state index contributed by atoms with van der Waals surface area (Å²) in [6.45, 7) is 11.4. The summed E-state index contributed by atoms with van der Waals surface area (Å²) in [4.78, 5) is 60.0. The van der Waals surface area contributed by atoms with Gasteiger partial charge in [-0.25, -0.2) is 0 Å². The summed E-state index contributed by atoms with van der Waals surface area (Å²) in [6.07, 6.45) is 4.98. The van der Waals surface area contributed by atoms with Crippen molar-refractivity contribution in [1.29, 1.82) is 0 Å². The number of allylic oxidation sites excluding steroid dienone is 1. The second-order valence-electron chi connectivity index (χ2n) is 14.3. The van der Waals surface area contributed by atoms with E-state index >= 15 is 0 Å². The molecule has 250 valence electrons. The Balaban J connectivity index is 1.66. The lowest BCUT2D eigenvalue weighted by atomic mass is 9.74. The highest BCUT2D eigenvalue weighted by Gasteiger charge is 2.75. The Morgan fingerprint density at radius 2 is 1.76 bits per heavy atom. The second kappa shape index (κ2) is 13.2. The lowest BCUT2D eigenvalue weighted by Crippen LogP contribution is -2.61. The normalized spacial score (nSPS) is 33.5. The van der Waals surface area contributed by atoms with Crippen LogP contribution in [0.4, 0.5) is 0 Å². The maximum Gasteiger partial charge on any atom is 0.313 e. The van der Waals surface area contributed by atoms with Gasteiger partial charge >= 0.3 is 5.97 Å². The largest absolute Gasteiger partial charge is 0.455 e. The van der Waals surface area contributed by atoms with Crippen molar-refractivity contribution in [2.45, 2.75) is 102 Å². The molecular weight excluding hydrogens is 654 g/mol. The Morgan fingerprint density at radius 1 is 1.07 bits per heavy atom. The van der Waals surface area contributed by atoms with Crippen LogP contribution >= 0.6 is 15.9 Å². The van der Waals surface area contributed by atoms with Gasteiger partial charge in [0.15, 0.2) is 0 Å². The lowest BCUT2D eigenvalue weighted by molar-refractivity contribution is -0.162. The van der Waals surface area contributed by atoms with Gasteiger partial charge in [0.25, 0.3) is 0 Å². The molecule has 4 heterocycles. The number of carbonyl (C=O) groups excluding carboxylic acids is 4. The number of nitrogens with zero attached hydrogens (tertiary/aromatic N) is 2. The van der Waals surface area contributed by atoms with Gasteiger partial charge in [0.2, 0.25) is 17.7 Å². The van der Waals surface area contributed by atoms with Crippen LogP contribution in [0.25, 0.3) is 0 Å². The van der Waals surface area contributed by atoms with E-state index in [4.69, 9.17) is 9.47 Å². The van der Waals surface area contributed by atoms with E-state index in [1.54, 1.807) is 17.9 Å². The summed E-state index contributed by atoms with van der Waals surface area (Å²) in [5, 5.41) is 13.6. The van der Waals surface area contributed by atoms with Crippen LogP contribution in [0.1, 0.15) is 72.5 Å². The molecule has 0 aromatic heterocycles. The molecule has 2 saturated heterocycles. The number of aliphatic hydroxyl groups excluding tert-OH is 1.